The highest BCUT2D eigenvalue weighted by Crippen LogP contribution is 2.30. The van der Waals surface area contributed by atoms with Gasteiger partial charge in [-0.25, -0.2) is 4.79 Å². The van der Waals surface area contributed by atoms with E-state index in [9.17, 15) is 4.79 Å². The van der Waals surface area contributed by atoms with Gasteiger partial charge in [-0.2, -0.15) is 5.21 Å². The highest BCUT2D eigenvalue weighted by molar-refractivity contribution is 5.80. The first kappa shape index (κ1) is 22.1. The van der Waals surface area contributed by atoms with E-state index in [1.165, 1.54) is 19.3 Å². The quantitative estimate of drug-likeness (QED) is 0.401. The lowest BCUT2D eigenvalue weighted by Gasteiger charge is -2.22. The molecule has 0 radical (unpaired) electrons. The van der Waals surface area contributed by atoms with Crippen LogP contribution in [0.25, 0.3) is 28.6 Å². The molecule has 34 heavy (non-hydrogen) atoms. The van der Waals surface area contributed by atoms with E-state index in [-0.39, 0.29) is 5.69 Å². The molecule has 0 unspecified atom stereocenters. The molecule has 2 heterocycles. The Hall–Kier alpha value is -3.74. The van der Waals surface area contributed by atoms with Crippen LogP contribution in [0, 0.1) is 0 Å². The lowest BCUT2D eigenvalue weighted by molar-refractivity contribution is 0.344. The van der Waals surface area contributed by atoms with Gasteiger partial charge in [0.1, 0.15) is 0 Å². The maximum absolute atomic E-state index is 13.4. The molecule has 7 nitrogen and oxygen atoms in total. The Kier molecular flexibility index (Phi) is 6.51. The van der Waals surface area contributed by atoms with Crippen molar-refractivity contribution in [2.24, 2.45) is 0 Å². The molecule has 2 aromatic carbocycles. The van der Waals surface area contributed by atoms with E-state index < -0.39 is 0 Å². The van der Waals surface area contributed by atoms with Gasteiger partial charge in [-0.15, -0.1) is 10.2 Å². The van der Waals surface area contributed by atoms with Gasteiger partial charge < -0.3 is 0 Å². The fraction of sp³-hybridized carbons (Fsp3) is 0.333. The summed E-state index contributed by atoms with van der Waals surface area (Å²) in [7, 11) is 0. The van der Waals surface area contributed by atoms with Gasteiger partial charge in [0.05, 0.1) is 12.2 Å². The van der Waals surface area contributed by atoms with Gasteiger partial charge >= 0.3 is 5.69 Å². The molecular formula is C27H30N6O. The Labute approximate surface area is 199 Å². The third-order valence-electron chi connectivity index (χ3n) is 6.65. The molecule has 1 fully saturated rings. The normalized spacial score (nSPS) is 14.7. The van der Waals surface area contributed by atoms with Crippen LogP contribution in [-0.2, 0) is 6.54 Å². The number of hydrogen-bond acceptors (Lipinski definition) is 4. The Bertz CT molecular complexity index is 1310. The molecule has 0 atom stereocenters. The van der Waals surface area contributed by atoms with Crippen LogP contribution in [-0.4, -0.2) is 29.8 Å². The monoisotopic (exact) mass is 454 g/mol. The van der Waals surface area contributed by atoms with Crippen molar-refractivity contribution in [3.8, 4) is 22.5 Å². The highest BCUT2D eigenvalue weighted by Gasteiger charge is 2.20. The molecule has 0 bridgehead atoms. The lowest BCUT2D eigenvalue weighted by Crippen LogP contribution is -2.29. The number of aromatic amines is 1. The summed E-state index contributed by atoms with van der Waals surface area (Å²) >= 11 is 0. The number of nitrogens with one attached hydrogen (secondary N) is 1. The molecule has 1 N–H and O–H groups in total. The lowest BCUT2D eigenvalue weighted by atomic mass is 9.95. The van der Waals surface area contributed by atoms with Crippen molar-refractivity contribution in [3.05, 3.63) is 82.5 Å². The number of aromatic nitrogens is 6. The van der Waals surface area contributed by atoms with Crippen molar-refractivity contribution in [2.45, 2.75) is 58.0 Å². The molecule has 1 aliphatic rings. The van der Waals surface area contributed by atoms with Crippen molar-refractivity contribution in [2.75, 3.05) is 0 Å². The molecule has 4 aromatic rings. The van der Waals surface area contributed by atoms with Crippen molar-refractivity contribution < 1.29 is 0 Å². The van der Waals surface area contributed by atoms with Crippen molar-refractivity contribution in [1.29, 1.82) is 0 Å². The highest BCUT2D eigenvalue weighted by atomic mass is 16.1. The minimum atomic E-state index is 0.0918. The fourth-order valence-corrected chi connectivity index (χ4v) is 4.85. The standard InChI is InChI=1S/C27H30N6O/c1-2-3-9-23-19-33(22-10-5-4-6-11-22)27(34)32(23)18-20-14-16-21(17-15-20)24-12-7-8-13-25(24)26-28-30-31-29-26/h3,7-9,12-17,19,22H,2,4-6,10-11,18H2,1H3,(H,28,29,30,31). The molecule has 0 amide bonds. The number of H-pyrrole nitrogens is 1. The maximum Gasteiger partial charge on any atom is 0.329 e. The summed E-state index contributed by atoms with van der Waals surface area (Å²) in [5.74, 6) is 0.572. The van der Waals surface area contributed by atoms with Crippen molar-refractivity contribution in [3.63, 3.8) is 0 Å². The number of nitrogens with zero attached hydrogens (tertiary/aromatic N) is 5. The van der Waals surface area contributed by atoms with Crippen LogP contribution in [0.3, 0.4) is 0 Å². The topological polar surface area (TPSA) is 81.4 Å². The molecular weight excluding hydrogens is 424 g/mol. The summed E-state index contributed by atoms with van der Waals surface area (Å²) in [6, 6.07) is 16.7. The molecule has 1 saturated carbocycles. The van der Waals surface area contributed by atoms with Crippen LogP contribution in [0.4, 0.5) is 0 Å². The number of rotatable bonds is 7. The minimum absolute atomic E-state index is 0.0918. The molecule has 0 saturated heterocycles. The predicted molar refractivity (Wildman–Crippen MR) is 134 cm³/mol. The Balaban J connectivity index is 1.44. The molecule has 174 valence electrons. The summed E-state index contributed by atoms with van der Waals surface area (Å²) in [5.41, 5.74) is 5.20. The summed E-state index contributed by atoms with van der Waals surface area (Å²) < 4.78 is 3.88. The zero-order chi connectivity index (χ0) is 23.3. The third kappa shape index (κ3) is 4.51. The first-order chi connectivity index (χ1) is 16.7. The molecule has 7 heteroatoms. The van der Waals surface area contributed by atoms with Crippen molar-refractivity contribution in [1.82, 2.24) is 29.8 Å². The molecule has 5 rings (SSSR count). The summed E-state index contributed by atoms with van der Waals surface area (Å²) in [6.07, 6.45) is 13.1. The SMILES string of the molecule is CCC=Cc1cn(C2CCCCC2)c(=O)n1Cc1ccc(-c2ccccc2-c2nn[nH]n2)cc1. The van der Waals surface area contributed by atoms with Crippen LogP contribution in [0.1, 0.15) is 62.7 Å². The van der Waals surface area contributed by atoms with Gasteiger partial charge in [0.15, 0.2) is 0 Å². The van der Waals surface area contributed by atoms with E-state index >= 15 is 0 Å². The van der Waals surface area contributed by atoms with Crippen molar-refractivity contribution >= 4 is 6.08 Å². The summed E-state index contributed by atoms with van der Waals surface area (Å²) in [6.45, 7) is 2.66. The second kappa shape index (κ2) is 10.0. The zero-order valence-corrected chi connectivity index (χ0v) is 19.5. The van der Waals surface area contributed by atoms with Gasteiger partial charge in [0.25, 0.3) is 0 Å². The average molecular weight is 455 g/mol. The third-order valence-corrected chi connectivity index (χ3v) is 6.65. The van der Waals surface area contributed by atoms with E-state index in [4.69, 9.17) is 0 Å². The smallest absolute Gasteiger partial charge is 0.296 e. The van der Waals surface area contributed by atoms with Crippen LogP contribution < -0.4 is 5.69 Å². The van der Waals surface area contributed by atoms with Crippen LogP contribution in [0.15, 0.2) is 65.6 Å². The van der Waals surface area contributed by atoms with Crippen LogP contribution in [0.2, 0.25) is 0 Å². The number of allylic oxidation sites excluding steroid dienone is 1. The zero-order valence-electron chi connectivity index (χ0n) is 19.5. The summed E-state index contributed by atoms with van der Waals surface area (Å²) in [4.78, 5) is 13.4. The van der Waals surface area contributed by atoms with E-state index in [1.54, 1.807) is 0 Å². The predicted octanol–water partition coefficient (Wildman–Crippen LogP) is 5.47. The van der Waals surface area contributed by atoms with Gasteiger partial charge in [-0.3, -0.25) is 9.13 Å². The summed E-state index contributed by atoms with van der Waals surface area (Å²) in [5, 5.41) is 14.5. The number of tetrazole rings is 1. The fourth-order valence-electron chi connectivity index (χ4n) is 4.85. The molecule has 1 aliphatic carbocycles. The van der Waals surface area contributed by atoms with E-state index in [2.05, 4.69) is 76.2 Å². The maximum atomic E-state index is 13.4. The minimum Gasteiger partial charge on any atom is -0.296 e. The van der Waals surface area contributed by atoms with Crippen LogP contribution >= 0.6 is 0 Å². The molecule has 0 spiro atoms. The van der Waals surface area contributed by atoms with Gasteiger partial charge in [0.2, 0.25) is 5.82 Å². The van der Waals surface area contributed by atoms with E-state index in [1.807, 2.05) is 27.3 Å². The van der Waals surface area contributed by atoms with Gasteiger partial charge in [-0.1, -0.05) is 80.8 Å². The first-order valence-electron chi connectivity index (χ1n) is 12.1. The Morgan fingerprint density at radius 1 is 1.03 bits per heavy atom. The Morgan fingerprint density at radius 3 is 2.50 bits per heavy atom. The number of hydrogen-bond donors (Lipinski definition) is 1. The number of benzene rings is 2. The second-order valence-electron chi connectivity index (χ2n) is 8.91. The number of imidazole rings is 1. The van der Waals surface area contributed by atoms with E-state index in [0.29, 0.717) is 18.4 Å². The van der Waals surface area contributed by atoms with Crippen LogP contribution in [0.5, 0.6) is 0 Å². The van der Waals surface area contributed by atoms with Gasteiger partial charge in [0, 0.05) is 17.8 Å². The largest absolute Gasteiger partial charge is 0.329 e. The Morgan fingerprint density at radius 2 is 1.79 bits per heavy atom. The second-order valence-corrected chi connectivity index (χ2v) is 8.91. The van der Waals surface area contributed by atoms with E-state index in [0.717, 1.165) is 47.2 Å². The first-order valence-corrected chi connectivity index (χ1v) is 12.1. The van der Waals surface area contributed by atoms with Gasteiger partial charge in [-0.05, 0) is 47.2 Å². The molecule has 0 aliphatic heterocycles. The molecule has 2 aromatic heterocycles. The average Bonchev–Trinajstić information content (AvgIpc) is 3.53.